The van der Waals surface area contributed by atoms with E-state index in [-0.39, 0.29) is 5.78 Å². The summed E-state index contributed by atoms with van der Waals surface area (Å²) in [4.78, 5) is 23.9. The maximum Gasteiger partial charge on any atom is 0.192 e. The molecule has 1 N–H and O–H groups in total. The van der Waals surface area contributed by atoms with Crippen LogP contribution in [-0.2, 0) is 6.42 Å². The molecule has 6 nitrogen and oxygen atoms in total. The van der Waals surface area contributed by atoms with E-state index >= 15 is 0 Å². The zero-order chi connectivity index (χ0) is 21.0. The first-order valence-electron chi connectivity index (χ1n) is 11.0. The van der Waals surface area contributed by atoms with Crippen LogP contribution < -0.4 is 4.90 Å². The second-order valence-electron chi connectivity index (χ2n) is 8.06. The van der Waals surface area contributed by atoms with Crippen molar-refractivity contribution in [1.29, 1.82) is 0 Å². The summed E-state index contributed by atoms with van der Waals surface area (Å²) in [7, 11) is 0. The number of carbonyl (C=O) groups excluding carboxylic acids is 1. The number of thioether (sulfide) groups is 1. The van der Waals surface area contributed by atoms with Crippen molar-refractivity contribution in [2.75, 3.05) is 25.4 Å². The Kier molecular flexibility index (Phi) is 5.95. The summed E-state index contributed by atoms with van der Waals surface area (Å²) < 4.78 is 1.83. The maximum atomic E-state index is 12.6. The number of hydrogen-bond donors (Lipinski definition) is 1. The fraction of sp³-hybridized carbons (Fsp3) is 0.333. The molecule has 7 heteroatoms. The molecule has 0 spiro atoms. The normalized spacial score (nSPS) is 15.0. The molecule has 5 rings (SSSR count). The highest BCUT2D eigenvalue weighted by Crippen LogP contribution is 2.24. The minimum absolute atomic E-state index is 0.0859. The molecule has 1 aliphatic heterocycles. The molecule has 1 fully saturated rings. The van der Waals surface area contributed by atoms with Gasteiger partial charge in [-0.25, -0.2) is 9.97 Å². The molecule has 0 amide bonds. The third kappa shape index (κ3) is 4.48. The van der Waals surface area contributed by atoms with Gasteiger partial charge in [0.05, 0.1) is 37.3 Å². The van der Waals surface area contributed by atoms with E-state index < -0.39 is 0 Å². The van der Waals surface area contributed by atoms with Gasteiger partial charge in [0.2, 0.25) is 0 Å². The maximum absolute atomic E-state index is 12.6. The monoisotopic (exact) mass is 432 g/mol. The Morgan fingerprint density at radius 3 is 2.58 bits per heavy atom. The highest BCUT2D eigenvalue weighted by atomic mass is 32.2. The second-order valence-corrected chi connectivity index (χ2v) is 9.01. The van der Waals surface area contributed by atoms with Gasteiger partial charge in [0, 0.05) is 10.9 Å². The molecule has 0 unspecified atom stereocenters. The number of quaternary nitrogens is 1. The number of likely N-dealkylation sites (tertiary alicyclic amines) is 1. The molecule has 0 saturated carbocycles. The van der Waals surface area contributed by atoms with Crippen molar-refractivity contribution in [3.05, 3.63) is 66.0 Å². The highest BCUT2D eigenvalue weighted by molar-refractivity contribution is 7.99. The second kappa shape index (κ2) is 9.16. The Labute approximate surface area is 185 Å². The molecule has 31 heavy (non-hydrogen) atoms. The summed E-state index contributed by atoms with van der Waals surface area (Å²) in [6.45, 7) is 3.57. The lowest BCUT2D eigenvalue weighted by atomic mass is 10.1. The number of fused-ring (bicyclic) bond motifs is 3. The minimum Gasteiger partial charge on any atom is -0.335 e. The Bertz CT molecular complexity index is 1200. The van der Waals surface area contributed by atoms with E-state index in [1.54, 1.807) is 4.90 Å². The predicted molar refractivity (Wildman–Crippen MR) is 123 cm³/mol. The van der Waals surface area contributed by atoms with Crippen LogP contribution in [0.4, 0.5) is 0 Å². The zero-order valence-corrected chi connectivity index (χ0v) is 18.3. The third-order valence-corrected chi connectivity index (χ3v) is 6.81. The summed E-state index contributed by atoms with van der Waals surface area (Å²) in [5.41, 5.74) is 2.42. The molecule has 0 radical (unpaired) electrons. The van der Waals surface area contributed by atoms with Gasteiger partial charge in [-0.15, -0.1) is 5.10 Å². The zero-order valence-electron chi connectivity index (χ0n) is 17.5. The van der Waals surface area contributed by atoms with Gasteiger partial charge in [0.25, 0.3) is 0 Å². The Morgan fingerprint density at radius 2 is 1.74 bits per heavy atom. The summed E-state index contributed by atoms with van der Waals surface area (Å²) in [5, 5.41) is 6.50. The molecule has 1 aliphatic rings. The average molecular weight is 433 g/mol. The van der Waals surface area contributed by atoms with Gasteiger partial charge >= 0.3 is 0 Å². The van der Waals surface area contributed by atoms with Crippen LogP contribution in [0.15, 0.2) is 59.8 Å². The van der Waals surface area contributed by atoms with Gasteiger partial charge in [-0.2, -0.15) is 4.52 Å². The number of nitrogens with zero attached hydrogens (tertiary/aromatic N) is 4. The third-order valence-electron chi connectivity index (χ3n) is 5.88. The summed E-state index contributed by atoms with van der Waals surface area (Å²) in [5.74, 6) is 1.26. The number of hydrogen-bond acceptors (Lipinski definition) is 5. The molecule has 158 valence electrons. The molecule has 0 bridgehead atoms. The number of carbonyl (C=O) groups is 1. The Morgan fingerprint density at radius 1 is 0.968 bits per heavy atom. The van der Waals surface area contributed by atoms with E-state index in [9.17, 15) is 4.79 Å². The standard InChI is InChI=1S/C24H25N5OS/c30-21(18-9-3-1-4-10-18)17-31-24-25-20-12-6-5-11-19(20)23-26-22(27-29(23)24)13-16-28-14-7-2-8-15-28/h1,3-6,9-12H,2,7-8,13-17H2/p+1. The first kappa shape index (κ1) is 20.2. The van der Waals surface area contributed by atoms with E-state index in [1.807, 2.05) is 59.1 Å². The number of benzene rings is 2. The molecular formula is C24H26N5OS+. The van der Waals surface area contributed by atoms with Crippen molar-refractivity contribution in [2.24, 2.45) is 0 Å². The van der Waals surface area contributed by atoms with Crippen molar-refractivity contribution in [3.8, 4) is 0 Å². The number of ketones is 1. The first-order chi connectivity index (χ1) is 15.3. The van der Waals surface area contributed by atoms with Crippen molar-refractivity contribution >= 4 is 34.1 Å². The topological polar surface area (TPSA) is 64.6 Å². The van der Waals surface area contributed by atoms with Crippen molar-refractivity contribution < 1.29 is 9.69 Å². The number of rotatable bonds is 7. The molecule has 2 aromatic heterocycles. The fourth-order valence-electron chi connectivity index (χ4n) is 4.20. The van der Waals surface area contributed by atoms with Crippen LogP contribution in [0.3, 0.4) is 0 Å². The number of Topliss-reactive ketones (excluding diaryl/α,β-unsaturated/α-hetero) is 1. The van der Waals surface area contributed by atoms with Crippen LogP contribution >= 0.6 is 11.8 Å². The molecule has 0 aliphatic carbocycles. The number of aromatic nitrogens is 4. The molecule has 1 saturated heterocycles. The molecular weight excluding hydrogens is 406 g/mol. The van der Waals surface area contributed by atoms with Crippen LogP contribution in [0.2, 0.25) is 0 Å². The summed E-state index contributed by atoms with van der Waals surface area (Å²) in [6.07, 6.45) is 4.85. The fourth-order valence-corrected chi connectivity index (χ4v) is 5.04. The van der Waals surface area contributed by atoms with Gasteiger partial charge in [0.1, 0.15) is 0 Å². The van der Waals surface area contributed by atoms with Gasteiger partial charge < -0.3 is 4.90 Å². The minimum atomic E-state index is 0.0859. The molecule has 4 aromatic rings. The highest BCUT2D eigenvalue weighted by Gasteiger charge is 2.18. The Balaban J connectivity index is 1.42. The first-order valence-corrected chi connectivity index (χ1v) is 12.0. The lowest BCUT2D eigenvalue weighted by molar-refractivity contribution is -0.904. The quantitative estimate of drug-likeness (QED) is 0.276. The van der Waals surface area contributed by atoms with Crippen molar-refractivity contribution in [1.82, 2.24) is 19.6 Å². The molecule has 2 aromatic carbocycles. The number of para-hydroxylation sites is 1. The van der Waals surface area contributed by atoms with Crippen LogP contribution in [0.1, 0.15) is 35.4 Å². The van der Waals surface area contributed by atoms with Crippen LogP contribution in [0.25, 0.3) is 16.6 Å². The summed E-state index contributed by atoms with van der Waals surface area (Å²) in [6, 6.07) is 17.4. The lowest BCUT2D eigenvalue weighted by Gasteiger charge is -2.22. The van der Waals surface area contributed by atoms with Crippen molar-refractivity contribution in [2.45, 2.75) is 30.8 Å². The predicted octanol–water partition coefficient (Wildman–Crippen LogP) is 2.86. The number of piperidine rings is 1. The van der Waals surface area contributed by atoms with E-state index in [1.165, 1.54) is 44.1 Å². The molecule has 0 atom stereocenters. The number of nitrogens with one attached hydrogen (secondary N) is 1. The van der Waals surface area contributed by atoms with E-state index in [4.69, 9.17) is 15.1 Å². The van der Waals surface area contributed by atoms with E-state index in [2.05, 4.69) is 0 Å². The van der Waals surface area contributed by atoms with Crippen LogP contribution in [-0.4, -0.2) is 50.8 Å². The Hall–Kier alpha value is -2.77. The van der Waals surface area contributed by atoms with Gasteiger partial charge in [-0.1, -0.05) is 54.2 Å². The largest absolute Gasteiger partial charge is 0.335 e. The smallest absolute Gasteiger partial charge is 0.192 e. The lowest BCUT2D eigenvalue weighted by Crippen LogP contribution is -3.13. The average Bonchev–Trinajstić information content (AvgIpc) is 3.27. The van der Waals surface area contributed by atoms with Crippen molar-refractivity contribution in [3.63, 3.8) is 0 Å². The van der Waals surface area contributed by atoms with E-state index in [0.717, 1.165) is 40.9 Å². The van der Waals surface area contributed by atoms with E-state index in [0.29, 0.717) is 10.9 Å². The summed E-state index contributed by atoms with van der Waals surface area (Å²) >= 11 is 1.42. The van der Waals surface area contributed by atoms with Crippen LogP contribution in [0, 0.1) is 0 Å². The van der Waals surface area contributed by atoms with Gasteiger partial charge in [-0.3, -0.25) is 4.79 Å². The van der Waals surface area contributed by atoms with Gasteiger partial charge in [-0.05, 0) is 31.4 Å². The van der Waals surface area contributed by atoms with Crippen LogP contribution in [0.5, 0.6) is 0 Å². The molecule has 3 heterocycles. The SMILES string of the molecule is O=C(CSc1nc2ccccc2c2nc(CC[NH+]3CCCCC3)nn12)c1ccccc1. The van der Waals surface area contributed by atoms with Gasteiger partial charge in [0.15, 0.2) is 22.4 Å².